The molecule has 0 aliphatic carbocycles. The normalized spacial score (nSPS) is 14.3. The second-order valence-electron chi connectivity index (χ2n) is 1.60. The van der Waals surface area contributed by atoms with Crippen LogP contribution in [0.3, 0.4) is 0 Å². The van der Waals surface area contributed by atoms with Crippen molar-refractivity contribution in [3.63, 3.8) is 0 Å². The molecule has 58 valence electrons. The van der Waals surface area contributed by atoms with E-state index in [-0.39, 0.29) is 5.84 Å². The number of hydrogen-bond donors (Lipinski definition) is 3. The Bertz CT molecular complexity index is 156. The maximum absolute atomic E-state index is 10.0. The third-order valence-electron chi connectivity index (χ3n) is 0.825. The Hall–Kier alpha value is -1.46. The third kappa shape index (κ3) is 2.75. The smallest absolute Gasteiger partial charge is 0.405 e. The van der Waals surface area contributed by atoms with Crippen LogP contribution in [-0.4, -0.2) is 23.2 Å². The largest absolute Gasteiger partial charge is 0.438 e. The first-order valence-corrected chi connectivity index (χ1v) is 2.51. The molecular weight excluding hydrogens is 138 g/mol. The average molecular weight is 147 g/mol. The predicted molar refractivity (Wildman–Crippen MR) is 33.5 cm³/mol. The Morgan fingerprint density at radius 3 is 2.50 bits per heavy atom. The summed E-state index contributed by atoms with van der Waals surface area (Å²) in [6.07, 6.45) is -1.75. The van der Waals surface area contributed by atoms with Gasteiger partial charge in [0.25, 0.3) is 0 Å². The lowest BCUT2D eigenvalue weighted by atomic mass is 10.4. The van der Waals surface area contributed by atoms with Gasteiger partial charge in [-0.3, -0.25) is 0 Å². The second kappa shape index (κ2) is 3.54. The summed E-state index contributed by atoms with van der Waals surface area (Å²) in [5.74, 6) is -0.196. The van der Waals surface area contributed by atoms with E-state index in [0.717, 1.165) is 0 Å². The summed E-state index contributed by atoms with van der Waals surface area (Å²) in [5.41, 5.74) is 9.66. The number of nitrogens with zero attached hydrogens (tertiary/aromatic N) is 1. The van der Waals surface area contributed by atoms with Crippen molar-refractivity contribution in [2.24, 2.45) is 16.6 Å². The molecule has 1 amide bonds. The molecule has 0 aliphatic heterocycles. The van der Waals surface area contributed by atoms with Gasteiger partial charge in [0.05, 0.1) is 0 Å². The zero-order chi connectivity index (χ0) is 8.15. The topological polar surface area (TPSA) is 111 Å². The van der Waals surface area contributed by atoms with Crippen LogP contribution in [-0.2, 0) is 4.74 Å². The molecule has 6 nitrogen and oxygen atoms in total. The van der Waals surface area contributed by atoms with Crippen LogP contribution in [0.25, 0.3) is 0 Å². The lowest BCUT2D eigenvalue weighted by molar-refractivity contribution is 0.142. The van der Waals surface area contributed by atoms with E-state index in [9.17, 15) is 4.79 Å². The van der Waals surface area contributed by atoms with Crippen LogP contribution in [0.5, 0.6) is 0 Å². The number of ether oxygens (including phenoxy) is 1. The summed E-state index contributed by atoms with van der Waals surface area (Å²) in [6, 6.07) is 0. The highest BCUT2D eigenvalue weighted by Crippen LogP contribution is 1.88. The molecule has 6 heteroatoms. The van der Waals surface area contributed by atoms with Crippen molar-refractivity contribution in [1.29, 1.82) is 0 Å². The summed E-state index contributed by atoms with van der Waals surface area (Å²) in [4.78, 5) is 10.0. The van der Waals surface area contributed by atoms with E-state index in [4.69, 9.17) is 10.9 Å². The van der Waals surface area contributed by atoms with Crippen molar-refractivity contribution in [3.05, 3.63) is 0 Å². The summed E-state index contributed by atoms with van der Waals surface area (Å²) < 4.78 is 4.33. The fraction of sp³-hybridized carbons (Fsp3) is 0.500. The highest BCUT2D eigenvalue weighted by molar-refractivity contribution is 5.85. The molecule has 10 heavy (non-hydrogen) atoms. The maximum Gasteiger partial charge on any atom is 0.405 e. The van der Waals surface area contributed by atoms with Crippen molar-refractivity contribution >= 4 is 11.9 Å². The Morgan fingerprint density at radius 1 is 1.70 bits per heavy atom. The lowest BCUT2D eigenvalue weighted by Gasteiger charge is -2.07. The van der Waals surface area contributed by atoms with Gasteiger partial charge in [-0.1, -0.05) is 5.16 Å². The molecule has 0 spiro atoms. The number of amidine groups is 1. The van der Waals surface area contributed by atoms with Gasteiger partial charge in [-0.2, -0.15) is 0 Å². The van der Waals surface area contributed by atoms with E-state index < -0.39 is 12.2 Å². The molecule has 1 atom stereocenters. The first-order chi connectivity index (χ1) is 4.57. The second-order valence-corrected chi connectivity index (χ2v) is 1.60. The number of hydrogen-bond acceptors (Lipinski definition) is 4. The van der Waals surface area contributed by atoms with Crippen LogP contribution in [0.15, 0.2) is 5.16 Å². The number of amides is 1. The van der Waals surface area contributed by atoms with Crippen molar-refractivity contribution in [1.82, 2.24) is 0 Å². The summed E-state index contributed by atoms with van der Waals surface area (Å²) in [5, 5.41) is 10.7. The fourth-order valence-corrected chi connectivity index (χ4v) is 0.316. The number of primary amides is 1. The predicted octanol–water partition coefficient (Wildman–Crippen LogP) is -0.783. The highest BCUT2D eigenvalue weighted by Gasteiger charge is 2.09. The molecule has 0 radical (unpaired) electrons. The number of carbonyl (C=O) groups is 1. The molecule has 0 aromatic carbocycles. The van der Waals surface area contributed by atoms with Crippen LogP contribution in [0.4, 0.5) is 4.79 Å². The molecule has 0 rings (SSSR count). The van der Waals surface area contributed by atoms with Gasteiger partial charge in [0.2, 0.25) is 0 Å². The molecule has 0 bridgehead atoms. The number of rotatable bonds is 2. The third-order valence-corrected chi connectivity index (χ3v) is 0.825. The summed E-state index contributed by atoms with van der Waals surface area (Å²) in [6.45, 7) is 1.43. The summed E-state index contributed by atoms with van der Waals surface area (Å²) >= 11 is 0. The van der Waals surface area contributed by atoms with E-state index in [1.54, 1.807) is 0 Å². The first-order valence-electron chi connectivity index (χ1n) is 2.51. The van der Waals surface area contributed by atoms with E-state index >= 15 is 0 Å². The quantitative estimate of drug-likeness (QED) is 0.206. The van der Waals surface area contributed by atoms with Crippen LogP contribution in [0.1, 0.15) is 6.92 Å². The molecule has 0 aliphatic rings. The molecular formula is C4H9N3O3. The van der Waals surface area contributed by atoms with Crippen LogP contribution >= 0.6 is 0 Å². The zero-order valence-electron chi connectivity index (χ0n) is 5.44. The van der Waals surface area contributed by atoms with Crippen molar-refractivity contribution in [3.8, 4) is 0 Å². The number of oxime groups is 1. The molecule has 0 unspecified atom stereocenters. The molecule has 0 fully saturated rings. The van der Waals surface area contributed by atoms with E-state index in [1.807, 2.05) is 0 Å². The first kappa shape index (κ1) is 8.54. The highest BCUT2D eigenvalue weighted by atomic mass is 16.6. The van der Waals surface area contributed by atoms with Crippen molar-refractivity contribution in [2.45, 2.75) is 13.0 Å². The van der Waals surface area contributed by atoms with Crippen LogP contribution in [0, 0.1) is 0 Å². The standard InChI is InChI=1S/C4H9N3O3/c1-2(3(5)7-9)10-4(6)8/h2,9H,1H3,(H2,5,7)(H2,6,8)/t2-/m0/s1. The van der Waals surface area contributed by atoms with E-state index in [1.165, 1.54) is 6.92 Å². The monoisotopic (exact) mass is 147 g/mol. The van der Waals surface area contributed by atoms with Gasteiger partial charge < -0.3 is 21.4 Å². The average Bonchev–Trinajstić information content (AvgIpc) is 1.85. The number of carbonyl (C=O) groups excluding carboxylic acids is 1. The van der Waals surface area contributed by atoms with Gasteiger partial charge in [-0.15, -0.1) is 0 Å². The Labute approximate surface area is 57.4 Å². The maximum atomic E-state index is 10.0. The minimum absolute atomic E-state index is 0.196. The van der Waals surface area contributed by atoms with Crippen molar-refractivity contribution in [2.75, 3.05) is 0 Å². The molecule has 0 heterocycles. The van der Waals surface area contributed by atoms with Gasteiger partial charge in [0, 0.05) is 0 Å². The Balaban J connectivity index is 3.85. The van der Waals surface area contributed by atoms with Gasteiger partial charge in [-0.05, 0) is 6.92 Å². The van der Waals surface area contributed by atoms with Crippen molar-refractivity contribution < 1.29 is 14.7 Å². The Kier molecular flexibility index (Phi) is 3.03. The lowest BCUT2D eigenvalue weighted by Crippen LogP contribution is -2.32. The Morgan fingerprint density at radius 2 is 2.20 bits per heavy atom. The van der Waals surface area contributed by atoms with Gasteiger partial charge in [0.1, 0.15) is 0 Å². The molecule has 5 N–H and O–H groups in total. The molecule has 0 saturated carbocycles. The van der Waals surface area contributed by atoms with E-state index in [0.29, 0.717) is 0 Å². The van der Waals surface area contributed by atoms with Gasteiger partial charge in [-0.25, -0.2) is 4.79 Å². The number of nitrogens with two attached hydrogens (primary N) is 2. The van der Waals surface area contributed by atoms with Crippen LogP contribution < -0.4 is 11.5 Å². The fourth-order valence-electron chi connectivity index (χ4n) is 0.316. The minimum Gasteiger partial charge on any atom is -0.438 e. The summed E-state index contributed by atoms with van der Waals surface area (Å²) in [7, 11) is 0. The van der Waals surface area contributed by atoms with Gasteiger partial charge >= 0.3 is 6.09 Å². The molecule has 0 aromatic heterocycles. The van der Waals surface area contributed by atoms with Crippen LogP contribution in [0.2, 0.25) is 0 Å². The molecule has 0 aromatic rings. The minimum atomic E-state index is -0.959. The SMILES string of the molecule is C[C@H](OC(N)=O)C(N)=NO. The van der Waals surface area contributed by atoms with E-state index in [2.05, 4.69) is 15.6 Å². The zero-order valence-corrected chi connectivity index (χ0v) is 5.44. The van der Waals surface area contributed by atoms with Gasteiger partial charge in [0.15, 0.2) is 11.9 Å². The molecule has 0 saturated heterocycles.